The van der Waals surface area contributed by atoms with Crippen molar-refractivity contribution in [1.29, 1.82) is 0 Å². The molecule has 0 aliphatic carbocycles. The quantitative estimate of drug-likeness (QED) is 0.144. The number of nitrogens with zero attached hydrogens (tertiary/aromatic N) is 2. The van der Waals surface area contributed by atoms with Gasteiger partial charge in [-0.15, -0.1) is 0 Å². The molecule has 0 aromatic rings. The summed E-state index contributed by atoms with van der Waals surface area (Å²) in [4.78, 5) is 28.7. The Morgan fingerprint density at radius 3 is 2.03 bits per heavy atom. The Balaban J connectivity index is -0.000000950. The number of hydrogen-bond donors (Lipinski definition) is 1. The second-order valence-corrected chi connectivity index (χ2v) is 10.4. The number of piperidine rings is 1. The van der Waals surface area contributed by atoms with Gasteiger partial charge in [-0.2, -0.15) is 0 Å². The van der Waals surface area contributed by atoms with Crippen LogP contribution >= 0.6 is 0 Å². The third-order valence-corrected chi connectivity index (χ3v) is 6.22. The van der Waals surface area contributed by atoms with Crippen LogP contribution in [0.25, 0.3) is 0 Å². The first-order valence-corrected chi connectivity index (χ1v) is 13.2. The van der Waals surface area contributed by atoms with Gasteiger partial charge in [-0.05, 0) is 45.6 Å². The smallest absolute Gasteiger partial charge is 0.279 e. The van der Waals surface area contributed by atoms with Crippen molar-refractivity contribution < 1.29 is 20.2 Å². The van der Waals surface area contributed by atoms with E-state index in [1.165, 1.54) is 5.57 Å². The Morgan fingerprint density at radius 1 is 1.08 bits per heavy atom. The van der Waals surface area contributed by atoms with E-state index in [2.05, 4.69) is 37.3 Å². The van der Waals surface area contributed by atoms with Crippen molar-refractivity contribution in [1.82, 2.24) is 5.32 Å². The van der Waals surface area contributed by atoms with Crippen molar-refractivity contribution in [2.24, 2.45) is 10.4 Å². The summed E-state index contributed by atoms with van der Waals surface area (Å²) in [6.07, 6.45) is 9.09. The van der Waals surface area contributed by atoms with Gasteiger partial charge < -0.3 is 14.5 Å². The Labute approximate surface area is 229 Å². The number of Topliss-reactive ketones (excluding diaryl/α,β-unsaturated/α-hetero) is 1. The summed E-state index contributed by atoms with van der Waals surface area (Å²) < 4.78 is 5.77. The first-order valence-electron chi connectivity index (χ1n) is 13.2. The second-order valence-electron chi connectivity index (χ2n) is 10.4. The van der Waals surface area contributed by atoms with Crippen molar-refractivity contribution in [3.05, 3.63) is 59.7 Å². The van der Waals surface area contributed by atoms with Gasteiger partial charge in [-0.3, -0.25) is 14.6 Å². The van der Waals surface area contributed by atoms with E-state index in [1.54, 1.807) is 32.5 Å². The number of nitrogens with one attached hydrogen (secondary N) is 1. The largest absolute Gasteiger partial charge is 0.497 e. The number of ether oxygens (including phenoxy) is 1. The van der Waals surface area contributed by atoms with E-state index in [0.717, 1.165) is 42.8 Å². The van der Waals surface area contributed by atoms with Crippen LogP contribution in [0.5, 0.6) is 0 Å². The van der Waals surface area contributed by atoms with Gasteiger partial charge in [0.2, 0.25) is 0 Å². The number of aliphatic imine (C=N–C) groups is 1. The number of rotatable bonds is 10. The van der Waals surface area contributed by atoms with E-state index >= 15 is 0 Å². The molecule has 6 heteroatoms. The van der Waals surface area contributed by atoms with Crippen LogP contribution in [-0.4, -0.2) is 55.7 Å². The molecule has 0 spiro atoms. The molecule has 1 aliphatic rings. The lowest BCUT2D eigenvalue weighted by Crippen LogP contribution is -2.60. The molecule has 1 saturated heterocycles. The monoisotopic (exact) mass is 518 g/mol. The summed E-state index contributed by atoms with van der Waals surface area (Å²) in [5, 5.41) is 3.05. The number of ketones is 1. The summed E-state index contributed by atoms with van der Waals surface area (Å²) in [5.41, 5.74) is 3.96. The van der Waals surface area contributed by atoms with E-state index in [1.807, 2.05) is 54.5 Å². The normalized spacial score (nSPS) is 16.6. The van der Waals surface area contributed by atoms with E-state index in [0.29, 0.717) is 23.3 Å². The minimum atomic E-state index is -0.0737. The molecular weight excluding hydrogens is 462 g/mol. The van der Waals surface area contributed by atoms with Gasteiger partial charge in [-0.1, -0.05) is 58.6 Å². The third kappa shape index (κ3) is 15.2. The van der Waals surface area contributed by atoms with Crippen LogP contribution in [0.4, 0.5) is 0 Å². The van der Waals surface area contributed by atoms with Gasteiger partial charge in [0, 0.05) is 39.2 Å². The summed E-state index contributed by atoms with van der Waals surface area (Å²) in [6.45, 7) is 29.7. The van der Waals surface area contributed by atoms with Gasteiger partial charge in [0.25, 0.3) is 5.91 Å². The predicted molar refractivity (Wildman–Crippen MR) is 161 cm³/mol. The molecule has 0 saturated carbocycles. The third-order valence-electron chi connectivity index (χ3n) is 6.22. The molecule has 0 bridgehead atoms. The molecule has 0 radical (unpaired) electrons. The molecule has 37 heavy (non-hydrogen) atoms. The highest BCUT2D eigenvalue weighted by Crippen LogP contribution is 2.33. The maximum absolute atomic E-state index is 12.9. The van der Waals surface area contributed by atoms with Crippen molar-refractivity contribution in [2.45, 2.75) is 82.1 Å². The zero-order valence-electron chi connectivity index (χ0n) is 25.6. The van der Waals surface area contributed by atoms with Gasteiger partial charge in [0.05, 0.1) is 25.9 Å². The maximum Gasteiger partial charge on any atom is 0.279 e. The van der Waals surface area contributed by atoms with E-state index in [-0.39, 0.29) is 18.5 Å². The fourth-order valence-corrected chi connectivity index (χ4v) is 3.82. The summed E-state index contributed by atoms with van der Waals surface area (Å²) in [6, 6.07) is 0. The lowest BCUT2D eigenvalue weighted by Gasteiger charge is -2.45. The van der Waals surface area contributed by atoms with Crippen molar-refractivity contribution >= 4 is 17.9 Å². The minimum absolute atomic E-state index is 0. The molecule has 6 nitrogen and oxygen atoms in total. The molecular formula is C31H56N3O3+. The van der Waals surface area contributed by atoms with Gasteiger partial charge in [0.15, 0.2) is 12.3 Å². The number of amides is 1. The molecule has 1 rings (SSSR count). The molecule has 0 unspecified atom stereocenters. The summed E-state index contributed by atoms with van der Waals surface area (Å²) >= 11 is 0. The lowest BCUT2D eigenvalue weighted by molar-refractivity contribution is -0.920. The van der Waals surface area contributed by atoms with Crippen LogP contribution in [0.2, 0.25) is 0 Å². The van der Waals surface area contributed by atoms with Gasteiger partial charge in [-0.25, -0.2) is 0 Å². The zero-order chi connectivity index (χ0) is 29.2. The molecule has 1 fully saturated rings. The minimum Gasteiger partial charge on any atom is -0.497 e. The molecule has 1 amide bonds. The predicted octanol–water partition coefficient (Wildman–Crippen LogP) is 7.17. The van der Waals surface area contributed by atoms with E-state index < -0.39 is 0 Å². The van der Waals surface area contributed by atoms with Gasteiger partial charge in [0.1, 0.15) is 12.3 Å². The number of methoxy groups -OCH3 is 1. The van der Waals surface area contributed by atoms with Crippen molar-refractivity contribution in [2.75, 3.05) is 33.3 Å². The van der Waals surface area contributed by atoms with Crippen molar-refractivity contribution in [3.8, 4) is 0 Å². The number of hydrogen-bond acceptors (Lipinski definition) is 4. The number of carbonyl (C=O) groups is 2. The fourth-order valence-electron chi connectivity index (χ4n) is 3.82. The van der Waals surface area contributed by atoms with Crippen LogP contribution in [0.3, 0.4) is 0 Å². The standard InChI is InChI=1S/C22H36N2O3.C7H11N.C2H6.H2/c1-9-16(2)21(18(4)19(5)27-8)23-20(26)15-24(14-17(3)25)12-10-22(6,7)11-13-24;1-4-5-8-6-7(2)3;1-2;/h9H,5,10-15H2,1-4,6-8H3;4-6H,1H2,2-3H3;1-2H3;1H/p+1/b16-9-,21-18-;;;. The lowest BCUT2D eigenvalue weighted by atomic mass is 9.81. The van der Waals surface area contributed by atoms with E-state index in [4.69, 9.17) is 4.74 Å². The Kier molecular flexibility index (Phi) is 18.2. The fraction of sp³-hybridized carbons (Fsp3) is 0.581. The average molecular weight is 519 g/mol. The molecule has 1 N–H and O–H groups in total. The number of allylic oxidation sites excluding steroid dienone is 5. The van der Waals surface area contributed by atoms with E-state index in [9.17, 15) is 9.59 Å². The molecule has 212 valence electrons. The summed E-state index contributed by atoms with van der Waals surface area (Å²) in [7, 11) is 1.57. The highest BCUT2D eigenvalue weighted by molar-refractivity contribution is 5.81. The van der Waals surface area contributed by atoms with Crippen LogP contribution in [0.1, 0.15) is 83.5 Å². The number of carbonyl (C=O) groups excluding carboxylic acids is 2. The Hall–Kier alpha value is -2.73. The highest BCUT2D eigenvalue weighted by atomic mass is 16.5. The topological polar surface area (TPSA) is 67.8 Å². The zero-order valence-corrected chi connectivity index (χ0v) is 25.6. The molecule has 0 atom stereocenters. The Bertz CT molecular complexity index is 882. The molecule has 1 aliphatic heterocycles. The van der Waals surface area contributed by atoms with Crippen molar-refractivity contribution in [3.63, 3.8) is 0 Å². The number of likely N-dealkylation sites (tertiary alicyclic amines) is 1. The highest BCUT2D eigenvalue weighted by Gasteiger charge is 2.39. The Morgan fingerprint density at radius 2 is 1.62 bits per heavy atom. The maximum atomic E-state index is 12.9. The SMILES string of the molecule is C=C(OC)/C(C)=C(NC(=O)C[N+]1(CC(C)=O)CCC(C)(C)CC1)/C(C)=C\C.C=CC=NC=C(C)C.CC.[HH]. The number of quaternary nitrogens is 1. The van der Waals surface area contributed by atoms with Crippen LogP contribution in [0, 0.1) is 5.41 Å². The molecule has 0 aromatic heterocycles. The molecule has 1 heterocycles. The van der Waals surface area contributed by atoms with Crippen LogP contribution in [-0.2, 0) is 14.3 Å². The molecule has 0 aromatic carbocycles. The summed E-state index contributed by atoms with van der Waals surface area (Å²) in [5.74, 6) is 0.584. The van der Waals surface area contributed by atoms with Crippen LogP contribution in [0.15, 0.2) is 64.7 Å². The second kappa shape index (κ2) is 18.5. The average Bonchev–Trinajstić information content (AvgIpc) is 2.84. The van der Waals surface area contributed by atoms with Gasteiger partial charge >= 0.3 is 0 Å². The van der Waals surface area contributed by atoms with Crippen LogP contribution < -0.4 is 5.32 Å². The first-order chi connectivity index (χ1) is 17.2. The first kappa shape index (κ1) is 36.4.